The van der Waals surface area contributed by atoms with E-state index in [0.29, 0.717) is 73.4 Å². The molecule has 4 rings (SSSR count). The van der Waals surface area contributed by atoms with Gasteiger partial charge in [-0.25, -0.2) is 4.79 Å². The van der Waals surface area contributed by atoms with Crippen LogP contribution in [0.1, 0.15) is 16.8 Å². The summed E-state index contributed by atoms with van der Waals surface area (Å²) in [5.74, 6) is -0.0711. The fourth-order valence-corrected chi connectivity index (χ4v) is 5.06. The molecule has 0 atom stereocenters. The van der Waals surface area contributed by atoms with Crippen LogP contribution < -0.4 is 24.3 Å². The van der Waals surface area contributed by atoms with Crippen LogP contribution in [-0.2, 0) is 11.3 Å². The summed E-state index contributed by atoms with van der Waals surface area (Å²) in [4.78, 5) is 32.0. The Morgan fingerprint density at radius 3 is 2.41 bits per heavy atom. The number of aromatic nitrogens is 1. The van der Waals surface area contributed by atoms with E-state index in [1.807, 2.05) is 0 Å². The van der Waals surface area contributed by atoms with Crippen LogP contribution in [0.15, 0.2) is 52.8 Å². The van der Waals surface area contributed by atoms with E-state index >= 15 is 0 Å². The number of hydrogen-bond donors (Lipinski definition) is 1. The van der Waals surface area contributed by atoms with E-state index in [2.05, 4.69) is 15.0 Å². The van der Waals surface area contributed by atoms with Crippen LogP contribution >= 0.6 is 11.3 Å². The Morgan fingerprint density at radius 1 is 1.05 bits per heavy atom. The Bertz CT molecular complexity index is 1420. The molecule has 3 amide bonds. The Balaban J connectivity index is 1.59. The van der Waals surface area contributed by atoms with Crippen molar-refractivity contribution in [3.05, 3.63) is 58.2 Å². The van der Waals surface area contributed by atoms with E-state index in [1.165, 1.54) is 49.8 Å². The van der Waals surface area contributed by atoms with Crippen molar-refractivity contribution in [1.29, 1.82) is 0 Å². The Kier molecular flexibility index (Phi) is 9.89. The number of hydrogen-bond acceptors (Lipinski definition) is 7. The van der Waals surface area contributed by atoms with Gasteiger partial charge in [0.1, 0.15) is 17.2 Å². The zero-order valence-electron chi connectivity index (χ0n) is 22.4. The van der Waals surface area contributed by atoms with Crippen molar-refractivity contribution in [3.8, 4) is 28.5 Å². The number of halogens is 3. The van der Waals surface area contributed by atoms with Gasteiger partial charge in [0.25, 0.3) is 5.91 Å². The van der Waals surface area contributed by atoms with Gasteiger partial charge in [-0.1, -0.05) is 0 Å². The molecule has 0 unspecified atom stereocenters. The minimum absolute atomic E-state index is 0.184. The second-order valence-electron chi connectivity index (χ2n) is 8.80. The van der Waals surface area contributed by atoms with Gasteiger partial charge in [-0.15, -0.1) is 24.5 Å². The van der Waals surface area contributed by atoms with Crippen LogP contribution in [0.2, 0.25) is 0 Å². The molecule has 0 spiro atoms. The number of methoxy groups -OCH3 is 2. The SMILES string of the molecule is COc1ccc(C(=O)/N=c2\scc(-c3ccc(OC(F)(F)F)cc3)n2CCCNC(=O)N2CCOCC2)c(OC)c1. The largest absolute Gasteiger partial charge is 0.573 e. The first-order chi connectivity index (χ1) is 19.7. The molecule has 0 radical (unpaired) electrons. The smallest absolute Gasteiger partial charge is 0.497 e. The van der Waals surface area contributed by atoms with Gasteiger partial charge >= 0.3 is 12.4 Å². The fraction of sp³-hybridized carbons (Fsp3) is 0.370. The minimum atomic E-state index is -4.80. The van der Waals surface area contributed by atoms with E-state index in [4.69, 9.17) is 14.2 Å². The van der Waals surface area contributed by atoms with Gasteiger partial charge < -0.3 is 33.7 Å². The molecule has 0 saturated carbocycles. The standard InChI is InChI=1S/C27H29F3N4O6S/c1-37-20-8-9-21(23(16-20)38-2)24(35)32-26-34(11-3-10-31-25(36)33-12-14-39-15-13-33)22(17-41-26)18-4-6-19(7-5-18)40-27(28,29)30/h4-9,16-17H,3,10-15H2,1-2H3,(H,31,36)/b32-26-. The van der Waals surface area contributed by atoms with Gasteiger partial charge in [-0.3, -0.25) is 4.79 Å². The molecule has 10 nitrogen and oxygen atoms in total. The van der Waals surface area contributed by atoms with Crippen LogP contribution in [0.5, 0.6) is 17.2 Å². The van der Waals surface area contributed by atoms with Gasteiger partial charge in [-0.2, -0.15) is 4.99 Å². The topological polar surface area (TPSA) is 104 Å². The summed E-state index contributed by atoms with van der Waals surface area (Å²) in [6, 6.07) is 10.0. The van der Waals surface area contributed by atoms with Crippen LogP contribution in [0.4, 0.5) is 18.0 Å². The number of benzene rings is 2. The van der Waals surface area contributed by atoms with E-state index in [1.54, 1.807) is 33.0 Å². The highest BCUT2D eigenvalue weighted by Gasteiger charge is 2.31. The average Bonchev–Trinajstić information content (AvgIpc) is 3.36. The van der Waals surface area contributed by atoms with E-state index in [9.17, 15) is 22.8 Å². The number of carbonyl (C=O) groups excluding carboxylic acids is 2. The van der Waals surface area contributed by atoms with Gasteiger partial charge in [-0.05, 0) is 48.4 Å². The van der Waals surface area contributed by atoms with Crippen molar-refractivity contribution in [1.82, 2.24) is 14.8 Å². The lowest BCUT2D eigenvalue weighted by atomic mass is 10.1. The van der Waals surface area contributed by atoms with Crippen LogP contribution in [0.25, 0.3) is 11.3 Å². The molecule has 1 aliphatic heterocycles. The summed E-state index contributed by atoms with van der Waals surface area (Å²) >= 11 is 1.21. The number of carbonyl (C=O) groups is 2. The average molecular weight is 595 g/mol. The summed E-state index contributed by atoms with van der Waals surface area (Å²) in [5, 5.41) is 4.65. The third-order valence-corrected chi connectivity index (χ3v) is 7.01. The van der Waals surface area contributed by atoms with Crippen molar-refractivity contribution >= 4 is 23.3 Å². The van der Waals surface area contributed by atoms with Crippen LogP contribution in [0.3, 0.4) is 0 Å². The maximum Gasteiger partial charge on any atom is 0.573 e. The number of nitrogens with one attached hydrogen (secondary N) is 1. The molecule has 1 saturated heterocycles. The number of amides is 3. The first-order valence-electron chi connectivity index (χ1n) is 12.6. The predicted octanol–water partition coefficient (Wildman–Crippen LogP) is 4.31. The Morgan fingerprint density at radius 2 is 1.76 bits per heavy atom. The first kappa shape index (κ1) is 29.9. The van der Waals surface area contributed by atoms with Crippen molar-refractivity contribution in [3.63, 3.8) is 0 Å². The van der Waals surface area contributed by atoms with Gasteiger partial charge in [0.15, 0.2) is 4.80 Å². The highest BCUT2D eigenvalue weighted by molar-refractivity contribution is 7.07. The lowest BCUT2D eigenvalue weighted by molar-refractivity contribution is -0.274. The molecule has 1 aromatic heterocycles. The Labute approximate surface area is 237 Å². The molecular formula is C27H29F3N4O6S. The molecule has 2 heterocycles. The van der Waals surface area contributed by atoms with Crippen molar-refractivity contribution < 1.29 is 41.7 Å². The second kappa shape index (κ2) is 13.5. The number of urea groups is 1. The highest BCUT2D eigenvalue weighted by atomic mass is 32.1. The zero-order chi connectivity index (χ0) is 29.4. The van der Waals surface area contributed by atoms with Gasteiger partial charge in [0, 0.05) is 37.6 Å². The number of rotatable bonds is 9. The fourth-order valence-electron chi connectivity index (χ4n) is 4.13. The highest BCUT2D eigenvalue weighted by Crippen LogP contribution is 2.28. The molecule has 14 heteroatoms. The molecular weight excluding hydrogens is 565 g/mol. The second-order valence-corrected chi connectivity index (χ2v) is 9.63. The quantitative estimate of drug-likeness (QED) is 0.371. The predicted molar refractivity (Wildman–Crippen MR) is 144 cm³/mol. The number of morpholine rings is 1. The number of alkyl halides is 3. The molecule has 220 valence electrons. The molecule has 0 bridgehead atoms. The summed E-state index contributed by atoms with van der Waals surface area (Å²) in [6.45, 7) is 2.75. The van der Waals surface area contributed by atoms with Gasteiger partial charge in [0.05, 0.1) is 38.7 Å². The maximum atomic E-state index is 13.2. The zero-order valence-corrected chi connectivity index (χ0v) is 23.2. The summed E-state index contributed by atoms with van der Waals surface area (Å²) < 4.78 is 59.4. The van der Waals surface area contributed by atoms with Crippen LogP contribution in [0, 0.1) is 0 Å². The summed E-state index contributed by atoms with van der Waals surface area (Å²) in [7, 11) is 2.94. The maximum absolute atomic E-state index is 13.2. The molecule has 1 aliphatic rings. The van der Waals surface area contributed by atoms with E-state index in [-0.39, 0.29) is 17.3 Å². The monoisotopic (exact) mass is 594 g/mol. The third-order valence-electron chi connectivity index (χ3n) is 6.15. The summed E-state index contributed by atoms with van der Waals surface area (Å²) in [5.41, 5.74) is 1.48. The van der Waals surface area contributed by atoms with Crippen molar-refractivity contribution in [2.24, 2.45) is 4.99 Å². The van der Waals surface area contributed by atoms with Crippen molar-refractivity contribution in [2.75, 3.05) is 47.1 Å². The normalized spacial score (nSPS) is 14.1. The molecule has 3 aromatic rings. The number of ether oxygens (including phenoxy) is 4. The lowest BCUT2D eigenvalue weighted by Crippen LogP contribution is -2.46. The lowest BCUT2D eigenvalue weighted by Gasteiger charge is -2.26. The first-order valence-corrected chi connectivity index (χ1v) is 13.5. The summed E-state index contributed by atoms with van der Waals surface area (Å²) in [6.07, 6.45) is -4.30. The Hall–Kier alpha value is -4.04. The molecule has 2 aromatic carbocycles. The third kappa shape index (κ3) is 8.01. The molecule has 41 heavy (non-hydrogen) atoms. The molecule has 1 fully saturated rings. The molecule has 1 N–H and O–H groups in total. The van der Waals surface area contributed by atoms with Gasteiger partial charge in [0.2, 0.25) is 0 Å². The number of thiazole rings is 1. The number of nitrogens with zero attached hydrogens (tertiary/aromatic N) is 3. The van der Waals surface area contributed by atoms with Crippen molar-refractivity contribution in [2.45, 2.75) is 19.3 Å². The molecule has 0 aliphatic carbocycles. The van der Waals surface area contributed by atoms with E-state index < -0.39 is 12.3 Å². The van der Waals surface area contributed by atoms with E-state index in [0.717, 1.165) is 0 Å². The minimum Gasteiger partial charge on any atom is -0.497 e. The van der Waals surface area contributed by atoms with Crippen LogP contribution in [-0.4, -0.2) is 74.8 Å².